The van der Waals surface area contributed by atoms with Gasteiger partial charge < -0.3 is 14.7 Å². The molecule has 5 heteroatoms. The predicted molar refractivity (Wildman–Crippen MR) is 66.0 cm³/mol. The maximum atomic E-state index is 12.0. The molecule has 3 rings (SSSR count). The number of fused-ring (bicyclic) bond motifs is 1. The second-order valence-electron chi connectivity index (χ2n) is 3.86. The lowest BCUT2D eigenvalue weighted by atomic mass is 10.2. The van der Waals surface area contributed by atoms with E-state index in [1.165, 1.54) is 0 Å². The Kier molecular flexibility index (Phi) is 2.57. The van der Waals surface area contributed by atoms with Crippen molar-refractivity contribution in [2.24, 2.45) is 0 Å². The van der Waals surface area contributed by atoms with Gasteiger partial charge in [-0.1, -0.05) is 0 Å². The van der Waals surface area contributed by atoms with Gasteiger partial charge in [0.15, 0.2) is 0 Å². The quantitative estimate of drug-likeness (QED) is 0.737. The molecule has 0 aliphatic carbocycles. The van der Waals surface area contributed by atoms with Gasteiger partial charge in [-0.25, -0.2) is 4.98 Å². The van der Waals surface area contributed by atoms with Crippen LogP contribution in [0.1, 0.15) is 16.1 Å². The summed E-state index contributed by atoms with van der Waals surface area (Å²) < 4.78 is 5.15. The van der Waals surface area contributed by atoms with Crippen molar-refractivity contribution in [1.82, 2.24) is 15.3 Å². The number of hydrogen-bond acceptors (Lipinski definition) is 3. The number of aromatic nitrogens is 2. The summed E-state index contributed by atoms with van der Waals surface area (Å²) in [6.07, 6.45) is 4.93. The average molecular weight is 241 g/mol. The van der Waals surface area contributed by atoms with Crippen LogP contribution in [0, 0.1) is 0 Å². The van der Waals surface area contributed by atoms with Gasteiger partial charge >= 0.3 is 0 Å². The van der Waals surface area contributed by atoms with Crippen molar-refractivity contribution in [3.63, 3.8) is 0 Å². The second-order valence-corrected chi connectivity index (χ2v) is 3.86. The molecule has 90 valence electrons. The van der Waals surface area contributed by atoms with Gasteiger partial charge in [0.05, 0.1) is 18.4 Å². The van der Waals surface area contributed by atoms with Crippen molar-refractivity contribution >= 4 is 16.9 Å². The van der Waals surface area contributed by atoms with Gasteiger partial charge in [-0.2, -0.15) is 0 Å². The molecule has 0 bridgehead atoms. The van der Waals surface area contributed by atoms with Gasteiger partial charge in [-0.3, -0.25) is 4.79 Å². The first-order chi connectivity index (χ1) is 8.84. The standard InChI is InChI=1S/C13H11N3O2/c17-13(16-7-9-3-2-6-18-9)11-8-15-12-10(11)4-1-5-14-12/h1-6,8H,7H2,(H,14,15)(H,16,17). The Bertz CT molecular complexity index is 670. The minimum atomic E-state index is -0.148. The van der Waals surface area contributed by atoms with E-state index in [2.05, 4.69) is 15.3 Å². The monoisotopic (exact) mass is 241 g/mol. The molecule has 2 N–H and O–H groups in total. The summed E-state index contributed by atoms with van der Waals surface area (Å²) in [5.74, 6) is 0.576. The first-order valence-electron chi connectivity index (χ1n) is 5.57. The first kappa shape index (κ1) is 10.6. The third-order valence-corrected chi connectivity index (χ3v) is 2.70. The molecule has 0 spiro atoms. The van der Waals surface area contributed by atoms with Crippen LogP contribution in [0.15, 0.2) is 47.3 Å². The molecule has 0 unspecified atom stereocenters. The molecule has 0 aliphatic rings. The van der Waals surface area contributed by atoms with Crippen LogP contribution in [-0.4, -0.2) is 15.9 Å². The van der Waals surface area contributed by atoms with Gasteiger partial charge in [0.1, 0.15) is 11.4 Å². The molecule has 0 fully saturated rings. The Balaban J connectivity index is 1.80. The molecular formula is C13H11N3O2. The maximum Gasteiger partial charge on any atom is 0.253 e. The van der Waals surface area contributed by atoms with E-state index in [1.807, 2.05) is 12.1 Å². The largest absolute Gasteiger partial charge is 0.467 e. The van der Waals surface area contributed by atoms with Crippen molar-refractivity contribution in [3.8, 4) is 0 Å². The third-order valence-electron chi connectivity index (χ3n) is 2.70. The molecule has 0 saturated carbocycles. The molecule has 1 amide bonds. The lowest BCUT2D eigenvalue weighted by molar-refractivity contribution is 0.0949. The lowest BCUT2D eigenvalue weighted by Crippen LogP contribution is -2.22. The zero-order valence-electron chi connectivity index (χ0n) is 9.51. The lowest BCUT2D eigenvalue weighted by Gasteiger charge is -2.01. The number of nitrogens with one attached hydrogen (secondary N) is 2. The van der Waals surface area contributed by atoms with Crippen LogP contribution in [0.5, 0.6) is 0 Å². The normalized spacial score (nSPS) is 10.7. The maximum absolute atomic E-state index is 12.0. The minimum absolute atomic E-state index is 0.148. The summed E-state index contributed by atoms with van der Waals surface area (Å²) in [6, 6.07) is 7.27. The number of furan rings is 1. The summed E-state index contributed by atoms with van der Waals surface area (Å²) in [5, 5.41) is 3.61. The number of rotatable bonds is 3. The second kappa shape index (κ2) is 4.37. The molecule has 3 heterocycles. The molecule has 3 aromatic heterocycles. The molecule has 0 aromatic carbocycles. The van der Waals surface area contributed by atoms with E-state index >= 15 is 0 Å². The molecule has 18 heavy (non-hydrogen) atoms. The van der Waals surface area contributed by atoms with Crippen LogP contribution in [0.3, 0.4) is 0 Å². The number of amides is 1. The Morgan fingerprint density at radius 2 is 2.33 bits per heavy atom. The highest BCUT2D eigenvalue weighted by Crippen LogP contribution is 2.15. The topological polar surface area (TPSA) is 70.9 Å². The third kappa shape index (κ3) is 1.86. The fourth-order valence-electron chi connectivity index (χ4n) is 1.82. The number of carbonyl (C=O) groups excluding carboxylic acids is 1. The Hall–Kier alpha value is -2.56. The summed E-state index contributed by atoms with van der Waals surface area (Å²) >= 11 is 0. The smallest absolute Gasteiger partial charge is 0.253 e. The van der Waals surface area contributed by atoms with Crippen molar-refractivity contribution in [1.29, 1.82) is 0 Å². The highest BCUT2D eigenvalue weighted by Gasteiger charge is 2.12. The zero-order chi connectivity index (χ0) is 12.4. The molecule has 0 aliphatic heterocycles. The van der Waals surface area contributed by atoms with E-state index in [0.717, 1.165) is 11.1 Å². The van der Waals surface area contributed by atoms with Gasteiger partial charge in [-0.15, -0.1) is 0 Å². The summed E-state index contributed by atoms with van der Waals surface area (Å²) in [5.41, 5.74) is 1.30. The number of carbonyl (C=O) groups is 1. The number of hydrogen-bond donors (Lipinski definition) is 2. The predicted octanol–water partition coefficient (Wildman–Crippen LogP) is 2.09. The van der Waals surface area contributed by atoms with Crippen LogP contribution >= 0.6 is 0 Å². The van der Waals surface area contributed by atoms with E-state index < -0.39 is 0 Å². The Labute approximate surface area is 103 Å². The average Bonchev–Trinajstić information content (AvgIpc) is 3.05. The fraction of sp³-hybridized carbons (Fsp3) is 0.0769. The fourth-order valence-corrected chi connectivity index (χ4v) is 1.82. The van der Waals surface area contributed by atoms with Crippen LogP contribution < -0.4 is 5.32 Å². The highest BCUT2D eigenvalue weighted by molar-refractivity contribution is 6.05. The van der Waals surface area contributed by atoms with Gasteiger partial charge in [0.2, 0.25) is 0 Å². The molecular weight excluding hydrogens is 230 g/mol. The number of H-pyrrole nitrogens is 1. The van der Waals surface area contributed by atoms with Crippen molar-refractivity contribution < 1.29 is 9.21 Å². The van der Waals surface area contributed by atoms with Crippen molar-refractivity contribution in [3.05, 3.63) is 54.2 Å². The Morgan fingerprint density at radius 1 is 1.39 bits per heavy atom. The summed E-state index contributed by atoms with van der Waals surface area (Å²) in [6.45, 7) is 0.374. The van der Waals surface area contributed by atoms with Crippen LogP contribution in [0.25, 0.3) is 11.0 Å². The molecule has 5 nitrogen and oxygen atoms in total. The van der Waals surface area contributed by atoms with Gasteiger partial charge in [0, 0.05) is 17.8 Å². The van der Waals surface area contributed by atoms with Gasteiger partial charge in [0.25, 0.3) is 5.91 Å². The highest BCUT2D eigenvalue weighted by atomic mass is 16.3. The molecule has 0 atom stereocenters. The summed E-state index contributed by atoms with van der Waals surface area (Å²) in [4.78, 5) is 19.1. The van der Waals surface area contributed by atoms with Crippen LogP contribution in [-0.2, 0) is 6.54 Å². The number of aromatic amines is 1. The SMILES string of the molecule is O=C(NCc1ccco1)c1c[nH]c2ncccc12. The van der Waals surface area contributed by atoms with Crippen molar-refractivity contribution in [2.45, 2.75) is 6.54 Å². The first-order valence-corrected chi connectivity index (χ1v) is 5.57. The summed E-state index contributed by atoms with van der Waals surface area (Å²) in [7, 11) is 0. The van der Waals surface area contributed by atoms with E-state index in [0.29, 0.717) is 17.8 Å². The zero-order valence-corrected chi connectivity index (χ0v) is 9.51. The number of pyridine rings is 1. The van der Waals surface area contributed by atoms with E-state index in [-0.39, 0.29) is 5.91 Å². The van der Waals surface area contributed by atoms with Gasteiger partial charge in [-0.05, 0) is 24.3 Å². The van der Waals surface area contributed by atoms with E-state index in [9.17, 15) is 4.79 Å². The molecule has 3 aromatic rings. The van der Waals surface area contributed by atoms with E-state index in [4.69, 9.17) is 4.42 Å². The minimum Gasteiger partial charge on any atom is -0.467 e. The number of nitrogens with zero attached hydrogens (tertiary/aromatic N) is 1. The molecule has 0 saturated heterocycles. The molecule has 0 radical (unpaired) electrons. The van der Waals surface area contributed by atoms with E-state index in [1.54, 1.807) is 30.8 Å². The Morgan fingerprint density at radius 3 is 3.17 bits per heavy atom. The van der Waals surface area contributed by atoms with Crippen LogP contribution in [0.2, 0.25) is 0 Å². The van der Waals surface area contributed by atoms with Crippen LogP contribution in [0.4, 0.5) is 0 Å². The van der Waals surface area contributed by atoms with Crippen molar-refractivity contribution in [2.75, 3.05) is 0 Å².